The molecule has 0 aliphatic carbocycles. The Morgan fingerprint density at radius 2 is 1.76 bits per heavy atom. The molecule has 1 N–H and O–H groups in total. The van der Waals surface area contributed by atoms with Crippen LogP contribution in [0.25, 0.3) is 0 Å². The summed E-state index contributed by atoms with van der Waals surface area (Å²) in [5.74, 6) is 0.00727. The van der Waals surface area contributed by atoms with Gasteiger partial charge in [-0.15, -0.1) is 0 Å². The van der Waals surface area contributed by atoms with E-state index >= 15 is 0 Å². The number of rotatable bonds is 9. The molecule has 0 radical (unpaired) electrons. The van der Waals surface area contributed by atoms with Crippen LogP contribution in [0.2, 0.25) is 0 Å². The second-order valence-electron chi connectivity index (χ2n) is 5.23. The normalized spacial score (nSPS) is 15.2. The molecule has 102 valence electrons. The third-order valence-electron chi connectivity index (χ3n) is 3.99. The van der Waals surface area contributed by atoms with Crippen molar-refractivity contribution in [2.75, 3.05) is 19.6 Å². The molecule has 0 saturated heterocycles. The van der Waals surface area contributed by atoms with Gasteiger partial charge in [0.2, 0.25) is 0 Å². The molecule has 0 aromatic rings. The first kappa shape index (κ1) is 16.4. The average molecular weight is 243 g/mol. The van der Waals surface area contributed by atoms with E-state index in [4.69, 9.17) is 0 Å². The molecule has 1 atom stereocenters. The van der Waals surface area contributed by atoms with Crippen molar-refractivity contribution in [3.63, 3.8) is 0 Å². The zero-order valence-corrected chi connectivity index (χ0v) is 12.1. The number of carbonyl (C=O) groups is 1. The van der Waals surface area contributed by atoms with Crippen LogP contribution in [0.5, 0.6) is 0 Å². The number of carboxylic acids is 1. The van der Waals surface area contributed by atoms with Gasteiger partial charge < -0.3 is 10.0 Å². The Bertz CT molecular complexity index is 226. The summed E-state index contributed by atoms with van der Waals surface area (Å²) in [6.45, 7) is 12.9. The molecule has 0 aliphatic heterocycles. The molecule has 0 aromatic heterocycles. The van der Waals surface area contributed by atoms with Crippen LogP contribution >= 0.6 is 0 Å². The topological polar surface area (TPSA) is 40.5 Å². The van der Waals surface area contributed by atoms with E-state index in [1.807, 2.05) is 13.8 Å². The number of nitrogens with zero attached hydrogens (tertiary/aromatic N) is 1. The molecule has 0 heterocycles. The maximum atomic E-state index is 11.3. The predicted molar refractivity (Wildman–Crippen MR) is 72.2 cm³/mol. The van der Waals surface area contributed by atoms with E-state index in [1.54, 1.807) is 0 Å². The number of aliphatic carboxylic acids is 1. The summed E-state index contributed by atoms with van der Waals surface area (Å²) < 4.78 is 0. The van der Waals surface area contributed by atoms with Gasteiger partial charge in [0.1, 0.15) is 0 Å². The number of carboxylic acid groups (broad SMARTS) is 1. The quantitative estimate of drug-likeness (QED) is 0.676. The lowest BCUT2D eigenvalue weighted by Gasteiger charge is -2.33. The van der Waals surface area contributed by atoms with Crippen LogP contribution in [0.1, 0.15) is 53.9 Å². The summed E-state index contributed by atoms with van der Waals surface area (Å²) in [6, 6.07) is 0. The van der Waals surface area contributed by atoms with Crippen molar-refractivity contribution in [2.45, 2.75) is 53.9 Å². The first-order valence-corrected chi connectivity index (χ1v) is 6.89. The summed E-state index contributed by atoms with van der Waals surface area (Å²) in [7, 11) is 0. The van der Waals surface area contributed by atoms with E-state index < -0.39 is 11.4 Å². The molecular formula is C14H29NO2. The van der Waals surface area contributed by atoms with Crippen LogP contribution in [-0.2, 0) is 4.79 Å². The van der Waals surface area contributed by atoms with Crippen molar-refractivity contribution in [3.05, 3.63) is 0 Å². The second-order valence-corrected chi connectivity index (χ2v) is 5.23. The number of hydrogen-bond donors (Lipinski definition) is 1. The highest BCUT2D eigenvalue weighted by Gasteiger charge is 2.33. The van der Waals surface area contributed by atoms with Crippen LogP contribution in [0.3, 0.4) is 0 Å². The molecule has 0 fully saturated rings. The van der Waals surface area contributed by atoms with E-state index in [0.29, 0.717) is 18.9 Å². The van der Waals surface area contributed by atoms with Gasteiger partial charge in [0.25, 0.3) is 0 Å². The largest absolute Gasteiger partial charge is 0.481 e. The summed E-state index contributed by atoms with van der Waals surface area (Å²) in [5.41, 5.74) is -0.609. The lowest BCUT2D eigenvalue weighted by Crippen LogP contribution is -2.42. The Morgan fingerprint density at radius 1 is 1.24 bits per heavy atom. The van der Waals surface area contributed by atoms with Crippen molar-refractivity contribution in [2.24, 2.45) is 11.3 Å². The fraction of sp³-hybridized carbons (Fsp3) is 0.929. The minimum absolute atomic E-state index is 0.609. The first-order valence-electron chi connectivity index (χ1n) is 6.89. The van der Waals surface area contributed by atoms with E-state index in [0.717, 1.165) is 13.1 Å². The summed E-state index contributed by atoms with van der Waals surface area (Å²) in [5, 5.41) is 9.30. The van der Waals surface area contributed by atoms with Crippen molar-refractivity contribution < 1.29 is 9.90 Å². The molecule has 0 bridgehead atoms. The van der Waals surface area contributed by atoms with Crippen LogP contribution < -0.4 is 0 Å². The maximum absolute atomic E-state index is 11.3. The van der Waals surface area contributed by atoms with Gasteiger partial charge in [-0.2, -0.15) is 0 Å². The van der Waals surface area contributed by atoms with Gasteiger partial charge in [-0.1, -0.05) is 40.5 Å². The van der Waals surface area contributed by atoms with Gasteiger partial charge >= 0.3 is 5.97 Å². The smallest absolute Gasteiger partial charge is 0.310 e. The molecule has 3 heteroatoms. The SMILES string of the molecule is CCC(CC)CN(CC)CC(C)(CC)C(=O)O. The van der Waals surface area contributed by atoms with Crippen molar-refractivity contribution >= 4 is 5.97 Å². The highest BCUT2D eigenvalue weighted by atomic mass is 16.4. The van der Waals surface area contributed by atoms with Gasteiger partial charge in [0, 0.05) is 13.1 Å². The maximum Gasteiger partial charge on any atom is 0.310 e. The Morgan fingerprint density at radius 3 is 2.06 bits per heavy atom. The fourth-order valence-electron chi connectivity index (χ4n) is 2.04. The molecule has 0 aliphatic rings. The lowest BCUT2D eigenvalue weighted by molar-refractivity contribution is -0.149. The molecule has 3 nitrogen and oxygen atoms in total. The molecule has 0 rings (SSSR count). The third-order valence-corrected chi connectivity index (χ3v) is 3.99. The van der Waals surface area contributed by atoms with Crippen LogP contribution in [0.4, 0.5) is 0 Å². The van der Waals surface area contributed by atoms with Crippen molar-refractivity contribution in [1.82, 2.24) is 4.90 Å². The van der Waals surface area contributed by atoms with Gasteiger partial charge in [0.15, 0.2) is 0 Å². The molecule has 1 unspecified atom stereocenters. The summed E-state index contributed by atoms with van der Waals surface area (Å²) in [4.78, 5) is 13.6. The Balaban J connectivity index is 4.52. The highest BCUT2D eigenvalue weighted by Crippen LogP contribution is 2.24. The Labute approximate surface area is 106 Å². The Hall–Kier alpha value is -0.570. The van der Waals surface area contributed by atoms with E-state index in [1.165, 1.54) is 12.8 Å². The van der Waals surface area contributed by atoms with E-state index in [9.17, 15) is 9.90 Å². The minimum atomic E-state index is -0.678. The summed E-state index contributed by atoms with van der Waals surface area (Å²) >= 11 is 0. The molecule has 0 amide bonds. The van der Waals surface area contributed by atoms with Crippen molar-refractivity contribution in [1.29, 1.82) is 0 Å². The molecule has 0 aromatic carbocycles. The van der Waals surface area contributed by atoms with Gasteiger partial charge in [-0.3, -0.25) is 4.79 Å². The fourth-order valence-corrected chi connectivity index (χ4v) is 2.04. The standard InChI is InChI=1S/C14H29NO2/c1-6-12(7-2)10-15(9-4)11-14(5,8-3)13(16)17/h12H,6-11H2,1-5H3,(H,16,17). The lowest BCUT2D eigenvalue weighted by atomic mass is 9.86. The molecule has 0 saturated carbocycles. The average Bonchev–Trinajstić information content (AvgIpc) is 2.33. The first-order chi connectivity index (χ1) is 7.93. The van der Waals surface area contributed by atoms with Gasteiger partial charge in [-0.25, -0.2) is 0 Å². The predicted octanol–water partition coefficient (Wildman–Crippen LogP) is 3.25. The third kappa shape index (κ3) is 5.07. The second kappa shape index (κ2) is 7.70. The minimum Gasteiger partial charge on any atom is -0.481 e. The van der Waals surface area contributed by atoms with Gasteiger partial charge in [0.05, 0.1) is 5.41 Å². The van der Waals surface area contributed by atoms with Gasteiger partial charge in [-0.05, 0) is 25.8 Å². The van der Waals surface area contributed by atoms with Crippen LogP contribution in [0.15, 0.2) is 0 Å². The number of hydrogen-bond acceptors (Lipinski definition) is 2. The Kier molecular flexibility index (Phi) is 7.44. The van der Waals surface area contributed by atoms with E-state index in [-0.39, 0.29) is 0 Å². The van der Waals surface area contributed by atoms with Crippen LogP contribution in [-0.4, -0.2) is 35.6 Å². The molecule has 17 heavy (non-hydrogen) atoms. The molecule has 0 spiro atoms. The summed E-state index contributed by atoms with van der Waals surface area (Å²) in [6.07, 6.45) is 3.02. The zero-order chi connectivity index (χ0) is 13.5. The monoisotopic (exact) mass is 243 g/mol. The zero-order valence-electron chi connectivity index (χ0n) is 12.1. The van der Waals surface area contributed by atoms with Crippen molar-refractivity contribution in [3.8, 4) is 0 Å². The van der Waals surface area contributed by atoms with E-state index in [2.05, 4.69) is 25.7 Å². The van der Waals surface area contributed by atoms with Crippen LogP contribution in [0, 0.1) is 11.3 Å². The highest BCUT2D eigenvalue weighted by molar-refractivity contribution is 5.74. The molecular weight excluding hydrogens is 214 g/mol.